The van der Waals surface area contributed by atoms with Gasteiger partial charge in [0.05, 0.1) is 6.61 Å². The topological polar surface area (TPSA) is 175 Å². The Morgan fingerprint density at radius 1 is 0.410 bits per heavy atom. The third-order valence-corrected chi connectivity index (χ3v) is 13.4. The van der Waals surface area contributed by atoms with Crippen LogP contribution in [-0.2, 0) is 42.9 Å². The zero-order chi connectivity index (χ0) is 60.3. The lowest BCUT2D eigenvalue weighted by Crippen LogP contribution is -2.61. The van der Waals surface area contributed by atoms with Crippen LogP contribution in [0.25, 0.3) is 0 Å². The van der Waals surface area contributed by atoms with Crippen LogP contribution in [-0.4, -0.2) is 89.2 Å². The number of carboxylic acids is 1. The van der Waals surface area contributed by atoms with Crippen molar-refractivity contribution in [2.24, 2.45) is 0 Å². The summed E-state index contributed by atoms with van der Waals surface area (Å²) in [4.78, 5) is 51.3. The van der Waals surface area contributed by atoms with E-state index in [1.807, 2.05) is 12.2 Å². The molecule has 6 atom stereocenters. The molecular weight excluding hydrogens is 1040 g/mol. The van der Waals surface area contributed by atoms with E-state index >= 15 is 0 Å². The van der Waals surface area contributed by atoms with Crippen molar-refractivity contribution in [2.45, 2.75) is 263 Å². The predicted molar refractivity (Wildman–Crippen MR) is 339 cm³/mol. The van der Waals surface area contributed by atoms with Gasteiger partial charge in [-0.3, -0.25) is 14.4 Å². The average molecular weight is 1160 g/mol. The molecule has 0 aromatic rings. The Morgan fingerprint density at radius 2 is 0.771 bits per heavy atom. The molecule has 83 heavy (non-hydrogen) atoms. The molecule has 0 bridgehead atoms. The number of carbonyl (C=O) groups is 4. The van der Waals surface area contributed by atoms with Gasteiger partial charge < -0.3 is 39.0 Å². The van der Waals surface area contributed by atoms with Gasteiger partial charge in [-0.25, -0.2) is 4.79 Å². The second-order valence-electron chi connectivity index (χ2n) is 20.9. The molecule has 0 radical (unpaired) electrons. The summed E-state index contributed by atoms with van der Waals surface area (Å²) >= 11 is 0. The van der Waals surface area contributed by atoms with Crippen molar-refractivity contribution in [3.05, 3.63) is 146 Å². The maximum atomic E-state index is 13.2. The second-order valence-corrected chi connectivity index (χ2v) is 20.9. The second kappa shape index (κ2) is 57.1. The Morgan fingerprint density at radius 3 is 1.20 bits per heavy atom. The molecule has 0 amide bonds. The molecule has 466 valence electrons. The third kappa shape index (κ3) is 46.6. The maximum Gasteiger partial charge on any atom is 0.335 e. The summed E-state index contributed by atoms with van der Waals surface area (Å²) in [5.74, 6) is -3.27. The molecule has 6 unspecified atom stereocenters. The Hall–Kier alpha value is -5.40. The fraction of sp³-hybridized carbons (Fsp3) is 0.606. The van der Waals surface area contributed by atoms with Gasteiger partial charge in [0.2, 0.25) is 0 Å². The van der Waals surface area contributed by atoms with Crippen molar-refractivity contribution in [3.8, 4) is 0 Å². The van der Waals surface area contributed by atoms with Crippen LogP contribution in [0, 0.1) is 0 Å². The van der Waals surface area contributed by atoms with Crippen molar-refractivity contribution in [2.75, 3.05) is 13.2 Å². The highest BCUT2D eigenvalue weighted by molar-refractivity contribution is 5.74. The van der Waals surface area contributed by atoms with E-state index in [0.717, 1.165) is 141 Å². The van der Waals surface area contributed by atoms with E-state index in [-0.39, 0.29) is 25.9 Å². The molecule has 0 aliphatic carbocycles. The normalized spacial score (nSPS) is 18.6. The molecule has 0 aromatic heterocycles. The molecule has 12 nitrogen and oxygen atoms in total. The van der Waals surface area contributed by atoms with Gasteiger partial charge in [0, 0.05) is 19.3 Å². The van der Waals surface area contributed by atoms with Gasteiger partial charge in [0.25, 0.3) is 0 Å². The van der Waals surface area contributed by atoms with Gasteiger partial charge in [-0.2, -0.15) is 0 Å². The molecule has 1 heterocycles. The summed E-state index contributed by atoms with van der Waals surface area (Å²) in [6.45, 7) is 5.68. The molecule has 12 heteroatoms. The van der Waals surface area contributed by atoms with E-state index in [9.17, 15) is 34.5 Å². The van der Waals surface area contributed by atoms with Crippen LogP contribution in [0.2, 0.25) is 0 Å². The van der Waals surface area contributed by atoms with Crippen molar-refractivity contribution in [1.29, 1.82) is 0 Å². The molecule has 1 saturated heterocycles. The van der Waals surface area contributed by atoms with E-state index in [1.165, 1.54) is 19.3 Å². The molecule has 1 fully saturated rings. The molecule has 0 saturated carbocycles. The first-order chi connectivity index (χ1) is 40.6. The number of carbonyl (C=O) groups excluding carboxylic acids is 3. The maximum absolute atomic E-state index is 13.2. The van der Waals surface area contributed by atoms with Crippen molar-refractivity contribution >= 4 is 23.9 Å². The Bertz CT molecular complexity index is 2000. The monoisotopic (exact) mass is 1150 g/mol. The Labute approximate surface area is 502 Å². The minimum atomic E-state index is -1.94. The lowest BCUT2D eigenvalue weighted by atomic mass is 9.98. The van der Waals surface area contributed by atoms with Crippen LogP contribution in [0.3, 0.4) is 0 Å². The number of aliphatic hydroxyl groups is 2. The van der Waals surface area contributed by atoms with E-state index < -0.39 is 67.3 Å². The Kier molecular flexibility index (Phi) is 52.0. The number of allylic oxidation sites excluding steroid dienone is 24. The zero-order valence-corrected chi connectivity index (χ0v) is 51.4. The number of aliphatic hydroxyl groups excluding tert-OH is 2. The fourth-order valence-electron chi connectivity index (χ4n) is 8.58. The fourth-order valence-corrected chi connectivity index (χ4v) is 8.58. The van der Waals surface area contributed by atoms with Crippen LogP contribution < -0.4 is 0 Å². The number of carboxylic acid groups (broad SMARTS) is 1. The molecule has 1 rings (SSSR count). The number of hydrogen-bond donors (Lipinski definition) is 3. The highest BCUT2D eigenvalue weighted by atomic mass is 16.7. The summed E-state index contributed by atoms with van der Waals surface area (Å²) in [6, 6.07) is 0. The molecule has 3 N–H and O–H groups in total. The van der Waals surface area contributed by atoms with Crippen molar-refractivity contribution < 1.29 is 58.2 Å². The summed E-state index contributed by atoms with van der Waals surface area (Å²) in [5.41, 5.74) is 0. The van der Waals surface area contributed by atoms with Crippen molar-refractivity contribution in [1.82, 2.24) is 0 Å². The number of rotatable bonds is 52. The summed E-state index contributed by atoms with van der Waals surface area (Å²) in [5, 5.41) is 31.6. The first-order valence-electron chi connectivity index (χ1n) is 31.8. The smallest absolute Gasteiger partial charge is 0.335 e. The van der Waals surface area contributed by atoms with Crippen molar-refractivity contribution in [3.63, 3.8) is 0 Å². The van der Waals surface area contributed by atoms with E-state index in [2.05, 4.69) is 154 Å². The first-order valence-corrected chi connectivity index (χ1v) is 31.8. The minimum Gasteiger partial charge on any atom is -0.479 e. The standard InChI is InChI=1S/C71H110O12/c1-4-7-10-13-16-19-22-25-28-31-32-35-36-39-42-45-48-51-54-57-63(72)79-60-62(81-64(73)58-55-52-49-46-43-40-37-33-29-26-23-20-17-14-11-8-5-2)61-80-71-69(67(76)66(75)68(83-71)70(77)78)82-65(74)59-56-53-50-47-44-41-38-34-30-27-24-21-18-15-12-9-6-3/h7,9-10,12,16-21,25-30,32,35,38-39,41-42,47,50,62,66-69,71,75-76H,4-6,8,11,13-15,22-24,31,33-34,36-37,40,43-46,48-49,51-61H2,1-3H3,(H,77,78)/b10-7-,12-9-,19-16-,20-17-,21-18-,28-25-,29-26-,30-27-,35-32-,41-38-,42-39-,50-47-. The van der Waals surface area contributed by atoms with Crippen LogP contribution in [0.4, 0.5) is 0 Å². The summed E-state index contributed by atoms with van der Waals surface area (Å²) in [7, 11) is 0. The van der Waals surface area contributed by atoms with Gasteiger partial charge in [-0.15, -0.1) is 0 Å². The first kappa shape index (κ1) is 75.6. The van der Waals surface area contributed by atoms with Gasteiger partial charge in [0.15, 0.2) is 24.6 Å². The molecule has 1 aliphatic heterocycles. The van der Waals surface area contributed by atoms with Gasteiger partial charge in [0.1, 0.15) is 18.8 Å². The van der Waals surface area contributed by atoms with E-state index in [0.29, 0.717) is 25.7 Å². The molecule has 0 spiro atoms. The highest BCUT2D eigenvalue weighted by Gasteiger charge is 2.50. The molecule has 1 aliphatic rings. The predicted octanol–water partition coefficient (Wildman–Crippen LogP) is 17.1. The number of aliphatic carboxylic acids is 1. The number of unbranched alkanes of at least 4 members (excludes halogenated alkanes) is 14. The van der Waals surface area contributed by atoms with Crippen LogP contribution in [0.1, 0.15) is 226 Å². The minimum absolute atomic E-state index is 0.0303. The Balaban J connectivity index is 2.75. The van der Waals surface area contributed by atoms with E-state index in [4.69, 9.17) is 23.7 Å². The van der Waals surface area contributed by atoms with Crippen LogP contribution in [0.15, 0.2) is 146 Å². The van der Waals surface area contributed by atoms with Crippen LogP contribution in [0.5, 0.6) is 0 Å². The molecule has 0 aromatic carbocycles. The number of ether oxygens (including phenoxy) is 5. The molecular formula is C71H110O12. The highest BCUT2D eigenvalue weighted by Crippen LogP contribution is 2.26. The summed E-state index contributed by atoms with van der Waals surface area (Å²) in [6.07, 6.45) is 69.5. The van der Waals surface area contributed by atoms with Gasteiger partial charge in [-0.05, 0) is 135 Å². The lowest BCUT2D eigenvalue weighted by molar-refractivity contribution is -0.301. The number of esters is 3. The summed E-state index contributed by atoms with van der Waals surface area (Å²) < 4.78 is 28.4. The zero-order valence-electron chi connectivity index (χ0n) is 51.4. The quantitative estimate of drug-likeness (QED) is 0.0228. The van der Waals surface area contributed by atoms with Gasteiger partial charge >= 0.3 is 23.9 Å². The SMILES string of the molecule is CC/C=C\C/C=C\C/C=C\C/C=C\C/C=C\CCCCCC(=O)OCC(COC1OC(C(=O)O)C(O)C(O)C1OC(=O)CCC/C=C\C/C=C\C/C=C\C/C=C\C/C=C\CC)OC(=O)CCCCCCCCC/C=C\C/C=C\CCCCC. The van der Waals surface area contributed by atoms with Gasteiger partial charge in [-0.1, -0.05) is 218 Å². The average Bonchev–Trinajstić information content (AvgIpc) is 3.59. The third-order valence-electron chi connectivity index (χ3n) is 13.4. The van der Waals surface area contributed by atoms with Crippen LogP contribution >= 0.6 is 0 Å². The van der Waals surface area contributed by atoms with E-state index in [1.54, 1.807) is 0 Å². The largest absolute Gasteiger partial charge is 0.479 e. The number of hydrogen-bond acceptors (Lipinski definition) is 11. The lowest BCUT2D eigenvalue weighted by Gasteiger charge is -2.40.